The number of benzene rings is 2. The van der Waals surface area contributed by atoms with E-state index in [1.54, 1.807) is 4.90 Å². The third kappa shape index (κ3) is 4.35. The summed E-state index contributed by atoms with van der Waals surface area (Å²) in [5.74, 6) is 0.894. The van der Waals surface area contributed by atoms with E-state index in [0.29, 0.717) is 13.2 Å². The summed E-state index contributed by atoms with van der Waals surface area (Å²) in [4.78, 5) is 14.3. The van der Waals surface area contributed by atoms with Crippen LogP contribution in [0.25, 0.3) is 0 Å². The van der Waals surface area contributed by atoms with E-state index in [1.807, 2.05) is 51.2 Å². The van der Waals surface area contributed by atoms with Crippen LogP contribution in [-0.4, -0.2) is 31.0 Å². The zero-order valence-electron chi connectivity index (χ0n) is 14.6. The number of ether oxygens (including phenoxy) is 1. The highest BCUT2D eigenvalue weighted by molar-refractivity contribution is 5.95. The summed E-state index contributed by atoms with van der Waals surface area (Å²) < 4.78 is 5.78. The van der Waals surface area contributed by atoms with Gasteiger partial charge in [0, 0.05) is 12.6 Å². The van der Waals surface area contributed by atoms with Gasteiger partial charge in [-0.05, 0) is 68.1 Å². The third-order valence-electron chi connectivity index (χ3n) is 4.07. The maximum atomic E-state index is 12.5. The summed E-state index contributed by atoms with van der Waals surface area (Å²) in [5, 5.41) is 0. The minimum atomic E-state index is 0.0372. The molecule has 2 aromatic rings. The van der Waals surface area contributed by atoms with E-state index in [-0.39, 0.29) is 5.91 Å². The van der Waals surface area contributed by atoms with E-state index in [9.17, 15) is 4.79 Å². The van der Waals surface area contributed by atoms with Crippen LogP contribution in [0.4, 0.5) is 0 Å². The molecule has 122 valence electrons. The molecule has 0 aliphatic rings. The van der Waals surface area contributed by atoms with Crippen molar-refractivity contribution in [2.24, 2.45) is 0 Å². The molecule has 0 aliphatic carbocycles. The van der Waals surface area contributed by atoms with Crippen LogP contribution in [0.1, 0.15) is 32.6 Å². The number of hydrogen-bond acceptors (Lipinski definition) is 2. The molecule has 0 aromatic heterocycles. The Hall–Kier alpha value is -2.29. The van der Waals surface area contributed by atoms with E-state index < -0.39 is 0 Å². The molecular weight excluding hydrogens is 286 g/mol. The first-order valence-electron chi connectivity index (χ1n) is 7.91. The smallest absolute Gasteiger partial charge is 0.253 e. The largest absolute Gasteiger partial charge is 0.492 e. The van der Waals surface area contributed by atoms with Crippen molar-refractivity contribution in [3.63, 3.8) is 0 Å². The highest BCUT2D eigenvalue weighted by Gasteiger charge is 2.14. The molecule has 0 saturated carbocycles. The molecule has 2 aromatic carbocycles. The van der Waals surface area contributed by atoms with Crippen molar-refractivity contribution in [1.82, 2.24) is 4.90 Å². The van der Waals surface area contributed by atoms with Gasteiger partial charge in [-0.3, -0.25) is 4.79 Å². The lowest BCUT2D eigenvalue weighted by molar-refractivity contribution is 0.0773. The van der Waals surface area contributed by atoms with Crippen molar-refractivity contribution >= 4 is 5.91 Å². The maximum Gasteiger partial charge on any atom is 0.253 e. The van der Waals surface area contributed by atoms with Crippen LogP contribution in [0.15, 0.2) is 36.4 Å². The van der Waals surface area contributed by atoms with Crippen molar-refractivity contribution in [2.75, 3.05) is 20.2 Å². The molecule has 0 aliphatic heterocycles. The van der Waals surface area contributed by atoms with Crippen LogP contribution in [0.5, 0.6) is 5.75 Å². The van der Waals surface area contributed by atoms with Crippen LogP contribution in [0.2, 0.25) is 0 Å². The topological polar surface area (TPSA) is 29.5 Å². The second kappa shape index (κ2) is 7.32. The minimum Gasteiger partial charge on any atom is -0.492 e. The van der Waals surface area contributed by atoms with Crippen molar-refractivity contribution in [2.45, 2.75) is 27.7 Å². The highest BCUT2D eigenvalue weighted by atomic mass is 16.5. The zero-order valence-corrected chi connectivity index (χ0v) is 14.6. The number of amides is 1. The number of likely N-dealkylation sites (N-methyl/N-ethyl adjacent to an activating group) is 1. The fraction of sp³-hybridized carbons (Fsp3) is 0.350. The van der Waals surface area contributed by atoms with Crippen LogP contribution in [0, 0.1) is 27.7 Å². The molecular formula is C20H25NO2. The standard InChI is InChI=1S/C20H25NO2/c1-14-11-15(2)13-18(12-14)23-10-9-21(5)20(22)19-8-6-7-16(3)17(19)4/h6-8,11-13H,9-10H2,1-5H3. The third-order valence-corrected chi connectivity index (χ3v) is 4.07. The van der Waals surface area contributed by atoms with Gasteiger partial charge in [-0.15, -0.1) is 0 Å². The van der Waals surface area contributed by atoms with Crippen molar-refractivity contribution < 1.29 is 9.53 Å². The van der Waals surface area contributed by atoms with Crippen LogP contribution >= 0.6 is 0 Å². The fourth-order valence-corrected chi connectivity index (χ4v) is 2.61. The lowest BCUT2D eigenvalue weighted by Crippen LogP contribution is -2.31. The van der Waals surface area contributed by atoms with E-state index in [4.69, 9.17) is 4.74 Å². The predicted molar refractivity (Wildman–Crippen MR) is 94.3 cm³/mol. The summed E-state index contributed by atoms with van der Waals surface area (Å²) in [6.07, 6.45) is 0. The molecule has 0 spiro atoms. The first-order valence-corrected chi connectivity index (χ1v) is 7.91. The normalized spacial score (nSPS) is 10.5. The molecule has 0 saturated heterocycles. The van der Waals surface area contributed by atoms with Crippen molar-refractivity contribution in [1.29, 1.82) is 0 Å². The van der Waals surface area contributed by atoms with E-state index in [0.717, 1.165) is 22.4 Å². The van der Waals surface area contributed by atoms with Crippen LogP contribution in [-0.2, 0) is 0 Å². The number of carbonyl (C=O) groups is 1. The molecule has 3 nitrogen and oxygen atoms in total. The molecule has 0 unspecified atom stereocenters. The first kappa shape index (κ1) is 17.1. The van der Waals surface area contributed by atoms with Gasteiger partial charge in [-0.2, -0.15) is 0 Å². The Morgan fingerprint density at radius 2 is 1.70 bits per heavy atom. The van der Waals surface area contributed by atoms with E-state index >= 15 is 0 Å². The van der Waals surface area contributed by atoms with Crippen molar-refractivity contribution in [3.05, 3.63) is 64.2 Å². The van der Waals surface area contributed by atoms with Gasteiger partial charge in [0.25, 0.3) is 5.91 Å². The van der Waals surface area contributed by atoms with Gasteiger partial charge < -0.3 is 9.64 Å². The molecule has 3 heteroatoms. The number of rotatable bonds is 5. The van der Waals surface area contributed by atoms with E-state index in [2.05, 4.69) is 19.9 Å². The molecule has 0 atom stereocenters. The summed E-state index contributed by atoms with van der Waals surface area (Å²) in [7, 11) is 1.81. The molecule has 0 bridgehead atoms. The Bertz CT molecular complexity index is 687. The van der Waals surface area contributed by atoms with Gasteiger partial charge in [0.1, 0.15) is 12.4 Å². The Morgan fingerprint density at radius 1 is 1.04 bits per heavy atom. The monoisotopic (exact) mass is 311 g/mol. The van der Waals surface area contributed by atoms with Gasteiger partial charge >= 0.3 is 0 Å². The lowest BCUT2D eigenvalue weighted by Gasteiger charge is -2.19. The molecule has 0 radical (unpaired) electrons. The molecule has 1 amide bonds. The Kier molecular flexibility index (Phi) is 5.43. The van der Waals surface area contributed by atoms with Gasteiger partial charge in [0.2, 0.25) is 0 Å². The first-order chi connectivity index (χ1) is 10.9. The Balaban J connectivity index is 1.95. The maximum absolute atomic E-state index is 12.5. The number of nitrogens with zero attached hydrogens (tertiary/aromatic N) is 1. The molecule has 2 rings (SSSR count). The average Bonchev–Trinajstić information content (AvgIpc) is 2.48. The van der Waals surface area contributed by atoms with Gasteiger partial charge in [0.05, 0.1) is 6.54 Å². The Labute approximate surface area is 138 Å². The number of carbonyl (C=O) groups excluding carboxylic acids is 1. The van der Waals surface area contributed by atoms with Gasteiger partial charge in [0.15, 0.2) is 0 Å². The summed E-state index contributed by atoms with van der Waals surface area (Å²) in [6, 6.07) is 12.0. The SMILES string of the molecule is Cc1cc(C)cc(OCCN(C)C(=O)c2cccc(C)c2C)c1. The second-order valence-electron chi connectivity index (χ2n) is 6.15. The minimum absolute atomic E-state index is 0.0372. The second-order valence-corrected chi connectivity index (χ2v) is 6.15. The summed E-state index contributed by atoms with van der Waals surface area (Å²) in [5.41, 5.74) is 5.30. The summed E-state index contributed by atoms with van der Waals surface area (Å²) in [6.45, 7) is 9.15. The highest BCUT2D eigenvalue weighted by Crippen LogP contribution is 2.17. The lowest BCUT2D eigenvalue weighted by atomic mass is 10.0. The number of hydrogen-bond donors (Lipinski definition) is 0. The van der Waals surface area contributed by atoms with E-state index in [1.165, 1.54) is 11.1 Å². The molecule has 0 N–H and O–H groups in total. The Morgan fingerprint density at radius 3 is 2.35 bits per heavy atom. The van der Waals surface area contributed by atoms with Crippen molar-refractivity contribution in [3.8, 4) is 5.75 Å². The summed E-state index contributed by atoms with van der Waals surface area (Å²) >= 11 is 0. The quantitative estimate of drug-likeness (QED) is 0.833. The van der Waals surface area contributed by atoms with Crippen LogP contribution < -0.4 is 4.74 Å². The predicted octanol–water partition coefficient (Wildman–Crippen LogP) is 4.07. The van der Waals surface area contributed by atoms with Gasteiger partial charge in [-0.1, -0.05) is 18.2 Å². The fourth-order valence-electron chi connectivity index (χ4n) is 2.61. The van der Waals surface area contributed by atoms with Gasteiger partial charge in [-0.25, -0.2) is 0 Å². The molecule has 23 heavy (non-hydrogen) atoms. The zero-order chi connectivity index (χ0) is 17.0. The average molecular weight is 311 g/mol. The molecule has 0 heterocycles. The number of aryl methyl sites for hydroxylation is 3. The molecule has 0 fully saturated rings. The van der Waals surface area contributed by atoms with Crippen LogP contribution in [0.3, 0.4) is 0 Å².